The minimum atomic E-state index is -0.711. The van der Waals surface area contributed by atoms with E-state index in [9.17, 15) is 19.8 Å². The maximum atomic E-state index is 14.2. The first kappa shape index (κ1) is 31.3. The van der Waals surface area contributed by atoms with Crippen molar-refractivity contribution in [3.8, 4) is 0 Å². The SMILES string of the molecule is CC1(C)[C@@H](O)CC[C@]2(C)[C@H]3C(=O)C=C4[C@@H]5C[C@@](C)(C(=O)O)CC[C@]5(C)CC[C@@]4(C)[C@]3(C)CC[C@@H]12.[Cl-].[K+]. The fourth-order valence-corrected chi connectivity index (χ4v) is 10.4. The maximum Gasteiger partial charge on any atom is 1.00 e. The molecule has 0 bridgehead atoms. The fourth-order valence-electron chi connectivity index (χ4n) is 10.4. The monoisotopic (exact) mass is 544 g/mol. The Morgan fingerprint density at radius 2 is 1.53 bits per heavy atom. The van der Waals surface area contributed by atoms with Gasteiger partial charge in [-0.05, 0) is 110 Å². The number of carbonyl (C=O) groups excluding carboxylic acids is 1. The average Bonchev–Trinajstić information content (AvgIpc) is 2.73. The molecule has 5 aliphatic rings. The topological polar surface area (TPSA) is 74.6 Å². The van der Waals surface area contributed by atoms with E-state index in [0.717, 1.165) is 51.4 Å². The molecule has 5 aliphatic carbocycles. The van der Waals surface area contributed by atoms with E-state index < -0.39 is 11.4 Å². The molecule has 4 nitrogen and oxygen atoms in total. The number of carboxylic acids is 1. The molecule has 198 valence electrons. The molecule has 0 spiro atoms. The Labute approximate surface area is 267 Å². The zero-order chi connectivity index (χ0) is 25.1. The number of ketones is 1. The third kappa shape index (κ3) is 3.90. The summed E-state index contributed by atoms with van der Waals surface area (Å²) in [7, 11) is 0. The van der Waals surface area contributed by atoms with E-state index in [4.69, 9.17) is 0 Å². The third-order valence-electron chi connectivity index (χ3n) is 13.1. The Bertz CT molecular complexity index is 978. The number of rotatable bonds is 1. The van der Waals surface area contributed by atoms with Gasteiger partial charge < -0.3 is 22.6 Å². The number of fused-ring (bicyclic) bond motifs is 7. The quantitative estimate of drug-likeness (QED) is 0.469. The molecule has 0 heterocycles. The van der Waals surface area contributed by atoms with Crippen molar-refractivity contribution in [2.75, 3.05) is 0 Å². The zero-order valence-electron chi connectivity index (χ0n) is 23.8. The standard InChI is InChI=1S/C30H46O4.ClH.K/c1-25(2)21-8-11-30(7)23(28(21,5)10-9-22(25)32)20(31)16-18-19-17-27(4,24(33)34)13-12-26(19,3)14-15-29(18,30)6;;/h16,19,21-23,32H,8-15,17H2,1-7H3,(H,33,34);1H;/q;;+1/p-1/t19-,21-,22-,23+,26+,27-,28-,29+,30+;;/m0../s1. The van der Waals surface area contributed by atoms with Crippen molar-refractivity contribution in [2.45, 2.75) is 112 Å². The smallest absolute Gasteiger partial charge is 1.00 e. The molecule has 5 rings (SSSR count). The first-order chi connectivity index (χ1) is 15.6. The second-order valence-corrected chi connectivity index (χ2v) is 14.9. The summed E-state index contributed by atoms with van der Waals surface area (Å²) in [6.45, 7) is 15.8. The summed E-state index contributed by atoms with van der Waals surface area (Å²) < 4.78 is 0. The number of carboxylic acid groups (broad SMARTS) is 1. The molecular formula is C30H46ClKO4. The fraction of sp³-hybridized carbons (Fsp3) is 0.867. The number of allylic oxidation sites excluding steroid dienone is 2. The number of hydrogen-bond donors (Lipinski definition) is 2. The molecule has 2 N–H and O–H groups in total. The summed E-state index contributed by atoms with van der Waals surface area (Å²) in [6.07, 6.45) is 9.95. The Morgan fingerprint density at radius 3 is 2.14 bits per heavy atom. The normalized spacial score (nSPS) is 51.1. The number of carbonyl (C=O) groups is 2. The van der Waals surface area contributed by atoms with E-state index in [-0.39, 0.29) is 115 Å². The van der Waals surface area contributed by atoms with Crippen LogP contribution in [0.5, 0.6) is 0 Å². The number of halogens is 1. The van der Waals surface area contributed by atoms with E-state index in [1.54, 1.807) is 0 Å². The first-order valence-corrected chi connectivity index (χ1v) is 13.7. The third-order valence-corrected chi connectivity index (χ3v) is 13.1. The van der Waals surface area contributed by atoms with Crippen LogP contribution >= 0.6 is 0 Å². The summed E-state index contributed by atoms with van der Waals surface area (Å²) in [4.78, 5) is 26.4. The van der Waals surface area contributed by atoms with Crippen molar-refractivity contribution in [2.24, 2.45) is 50.2 Å². The Balaban J connectivity index is 0.00000180. The second kappa shape index (κ2) is 9.41. The molecule has 0 saturated heterocycles. The van der Waals surface area contributed by atoms with Crippen molar-refractivity contribution < 1.29 is 83.6 Å². The molecule has 0 aromatic heterocycles. The van der Waals surface area contributed by atoms with Crippen LogP contribution in [0.1, 0.15) is 106 Å². The molecule has 0 unspecified atom stereocenters. The number of aliphatic hydroxyl groups is 1. The number of hydrogen-bond acceptors (Lipinski definition) is 3. The summed E-state index contributed by atoms with van der Waals surface area (Å²) in [6, 6.07) is 0. The van der Waals surface area contributed by atoms with Crippen LogP contribution in [0, 0.1) is 50.2 Å². The minimum absolute atomic E-state index is 0. The van der Waals surface area contributed by atoms with Crippen molar-refractivity contribution >= 4 is 11.8 Å². The van der Waals surface area contributed by atoms with Gasteiger partial charge in [0.25, 0.3) is 0 Å². The van der Waals surface area contributed by atoms with Gasteiger partial charge in [-0.3, -0.25) is 9.59 Å². The van der Waals surface area contributed by atoms with Crippen LogP contribution in [0.25, 0.3) is 0 Å². The van der Waals surface area contributed by atoms with Gasteiger partial charge in [0, 0.05) is 5.92 Å². The molecule has 9 atom stereocenters. The Hall–Kier alpha value is 0.766. The summed E-state index contributed by atoms with van der Waals surface area (Å²) in [5.74, 6) is 0.0603. The zero-order valence-corrected chi connectivity index (χ0v) is 27.7. The summed E-state index contributed by atoms with van der Waals surface area (Å²) >= 11 is 0. The van der Waals surface area contributed by atoms with E-state index in [0.29, 0.717) is 12.3 Å². The minimum Gasteiger partial charge on any atom is -1.00 e. The molecular weight excluding hydrogens is 499 g/mol. The van der Waals surface area contributed by atoms with Crippen molar-refractivity contribution in [3.05, 3.63) is 11.6 Å². The Kier molecular flexibility index (Phi) is 8.18. The molecule has 0 aliphatic heterocycles. The summed E-state index contributed by atoms with van der Waals surface area (Å²) in [5, 5.41) is 20.9. The molecule has 0 aromatic rings. The number of aliphatic carboxylic acids is 1. The van der Waals surface area contributed by atoms with Crippen LogP contribution in [0.15, 0.2) is 11.6 Å². The van der Waals surface area contributed by atoms with E-state index in [1.165, 1.54) is 5.57 Å². The van der Waals surface area contributed by atoms with Crippen LogP contribution in [0.4, 0.5) is 0 Å². The van der Waals surface area contributed by atoms with Crippen LogP contribution in [-0.2, 0) is 9.59 Å². The largest absolute Gasteiger partial charge is 1.00 e. The molecule has 6 heteroatoms. The van der Waals surface area contributed by atoms with E-state index in [1.807, 2.05) is 13.0 Å². The predicted octanol–water partition coefficient (Wildman–Crippen LogP) is 0.421. The first-order valence-electron chi connectivity index (χ1n) is 13.7. The molecule has 36 heavy (non-hydrogen) atoms. The van der Waals surface area contributed by atoms with Crippen LogP contribution in [0.2, 0.25) is 0 Å². The van der Waals surface area contributed by atoms with Gasteiger partial charge in [0.05, 0.1) is 11.5 Å². The molecule has 4 saturated carbocycles. The molecule has 0 radical (unpaired) electrons. The van der Waals surface area contributed by atoms with E-state index in [2.05, 4.69) is 41.5 Å². The Morgan fingerprint density at radius 1 is 0.917 bits per heavy atom. The number of aliphatic hydroxyl groups excluding tert-OH is 1. The van der Waals surface area contributed by atoms with Gasteiger partial charge in [0.1, 0.15) is 0 Å². The van der Waals surface area contributed by atoms with Gasteiger partial charge in [-0.1, -0.05) is 47.1 Å². The van der Waals surface area contributed by atoms with Gasteiger partial charge in [-0.2, -0.15) is 0 Å². The van der Waals surface area contributed by atoms with Gasteiger partial charge in [0.15, 0.2) is 5.78 Å². The molecule has 0 aromatic carbocycles. The van der Waals surface area contributed by atoms with Gasteiger partial charge in [-0.25, -0.2) is 0 Å². The van der Waals surface area contributed by atoms with Gasteiger partial charge in [-0.15, -0.1) is 0 Å². The van der Waals surface area contributed by atoms with E-state index >= 15 is 0 Å². The van der Waals surface area contributed by atoms with Crippen molar-refractivity contribution in [3.63, 3.8) is 0 Å². The van der Waals surface area contributed by atoms with Gasteiger partial charge >= 0.3 is 57.4 Å². The predicted molar refractivity (Wildman–Crippen MR) is 133 cm³/mol. The maximum absolute atomic E-state index is 14.2. The molecule has 4 fully saturated rings. The average molecular weight is 545 g/mol. The van der Waals surface area contributed by atoms with Gasteiger partial charge in [0.2, 0.25) is 0 Å². The summed E-state index contributed by atoms with van der Waals surface area (Å²) in [5.41, 5.74) is 0.142. The van der Waals surface area contributed by atoms with Crippen molar-refractivity contribution in [1.29, 1.82) is 0 Å². The van der Waals surface area contributed by atoms with Crippen LogP contribution in [0.3, 0.4) is 0 Å². The van der Waals surface area contributed by atoms with Crippen molar-refractivity contribution in [1.82, 2.24) is 0 Å². The second-order valence-electron chi connectivity index (χ2n) is 14.9. The molecule has 0 amide bonds. The van der Waals surface area contributed by atoms with Crippen LogP contribution < -0.4 is 63.8 Å². The van der Waals surface area contributed by atoms with Crippen LogP contribution in [-0.4, -0.2) is 28.1 Å².